The molecule has 1 amide bonds. The molecule has 7 heteroatoms. The van der Waals surface area contributed by atoms with Gasteiger partial charge in [-0.2, -0.15) is 5.10 Å². The summed E-state index contributed by atoms with van der Waals surface area (Å²) in [4.78, 5) is 14.3. The number of ether oxygens (including phenoxy) is 1. The summed E-state index contributed by atoms with van der Waals surface area (Å²) >= 11 is 6.15. The van der Waals surface area contributed by atoms with E-state index in [9.17, 15) is 4.79 Å². The van der Waals surface area contributed by atoms with Gasteiger partial charge in [0.1, 0.15) is 18.1 Å². The number of hydrogen-bond acceptors (Lipinski definition) is 4. The molecule has 0 unspecified atom stereocenters. The molecule has 0 radical (unpaired) electrons. The van der Waals surface area contributed by atoms with E-state index < -0.39 is 0 Å². The highest BCUT2D eigenvalue weighted by atomic mass is 35.5. The van der Waals surface area contributed by atoms with Crippen molar-refractivity contribution < 1.29 is 13.9 Å². The van der Waals surface area contributed by atoms with Gasteiger partial charge in [-0.05, 0) is 35.4 Å². The molecule has 4 aromatic rings. The predicted octanol–water partition coefficient (Wildman–Crippen LogP) is 5.84. The number of carbonyl (C=O) groups excluding carboxylic acids is 1. The Hall–Kier alpha value is -3.51. The number of aryl methyl sites for hydroxylation is 1. The fraction of sp³-hybridized carbons (Fsp3) is 0.259. The molecule has 0 bridgehead atoms. The van der Waals surface area contributed by atoms with Crippen molar-refractivity contribution in [1.29, 1.82) is 0 Å². The first-order valence-corrected chi connectivity index (χ1v) is 11.4. The molecule has 4 rings (SSSR count). The number of hydrogen-bond donors (Lipinski definition) is 0. The van der Waals surface area contributed by atoms with Gasteiger partial charge >= 0.3 is 0 Å². The zero-order valence-electron chi connectivity index (χ0n) is 19.8. The highest BCUT2D eigenvalue weighted by Crippen LogP contribution is 2.32. The second-order valence-corrected chi connectivity index (χ2v) is 9.20. The molecule has 0 spiro atoms. The van der Waals surface area contributed by atoms with Crippen LogP contribution in [0.4, 0.5) is 0 Å². The second kappa shape index (κ2) is 9.77. The van der Waals surface area contributed by atoms with Crippen molar-refractivity contribution in [3.8, 4) is 5.75 Å². The van der Waals surface area contributed by atoms with Crippen LogP contribution in [0.3, 0.4) is 0 Å². The largest absolute Gasteiger partial charge is 0.486 e. The Morgan fingerprint density at radius 2 is 1.74 bits per heavy atom. The third-order valence-corrected chi connectivity index (χ3v) is 6.38. The van der Waals surface area contributed by atoms with Gasteiger partial charge in [0, 0.05) is 19.5 Å². The first kappa shape index (κ1) is 23.6. The number of furan rings is 1. The third-order valence-electron chi connectivity index (χ3n) is 6.07. The molecule has 2 aromatic heterocycles. The Balaban J connectivity index is 1.36. The van der Waals surface area contributed by atoms with Crippen LogP contribution in [-0.2, 0) is 25.6 Å². The minimum atomic E-state index is -0.240. The SMILES string of the molecule is CN(Cc1c(Cl)cnn1C)C(=O)c1ccc(COc2ccc(C(C)(C)c3ccccc3)cc2)o1. The van der Waals surface area contributed by atoms with Gasteiger partial charge in [0.15, 0.2) is 5.76 Å². The van der Waals surface area contributed by atoms with E-state index in [-0.39, 0.29) is 23.7 Å². The Labute approximate surface area is 204 Å². The molecule has 0 fully saturated rings. The molecular weight excluding hydrogens is 450 g/mol. The number of halogens is 1. The van der Waals surface area contributed by atoms with Crippen molar-refractivity contribution in [3.05, 3.63) is 106 Å². The average molecular weight is 478 g/mol. The monoisotopic (exact) mass is 477 g/mol. The van der Waals surface area contributed by atoms with Crippen molar-refractivity contribution in [2.75, 3.05) is 7.05 Å². The number of amides is 1. The van der Waals surface area contributed by atoms with E-state index in [0.717, 1.165) is 11.4 Å². The minimum Gasteiger partial charge on any atom is -0.486 e. The lowest BCUT2D eigenvalue weighted by Gasteiger charge is -2.26. The summed E-state index contributed by atoms with van der Waals surface area (Å²) in [5, 5.41) is 4.62. The average Bonchev–Trinajstić information content (AvgIpc) is 3.45. The summed E-state index contributed by atoms with van der Waals surface area (Å²) in [6, 6.07) is 21.9. The van der Waals surface area contributed by atoms with Crippen LogP contribution in [0.5, 0.6) is 5.75 Å². The maximum atomic E-state index is 12.7. The molecule has 0 saturated heterocycles. The fourth-order valence-corrected chi connectivity index (χ4v) is 4.04. The normalized spacial score (nSPS) is 11.4. The highest BCUT2D eigenvalue weighted by molar-refractivity contribution is 6.31. The first-order chi connectivity index (χ1) is 16.3. The predicted molar refractivity (Wildman–Crippen MR) is 132 cm³/mol. The Morgan fingerprint density at radius 3 is 2.38 bits per heavy atom. The van der Waals surface area contributed by atoms with Crippen LogP contribution < -0.4 is 4.74 Å². The van der Waals surface area contributed by atoms with Gasteiger partial charge in [0.05, 0.1) is 23.5 Å². The standard InChI is InChI=1S/C27H28ClN3O3/c1-27(2,19-8-6-5-7-9-19)20-10-12-21(13-11-20)33-18-22-14-15-25(34-22)26(32)30(3)17-24-23(28)16-29-31(24)4/h5-16H,17-18H2,1-4H3. The van der Waals surface area contributed by atoms with E-state index in [1.807, 2.05) is 18.2 Å². The number of benzene rings is 2. The molecule has 2 aromatic carbocycles. The van der Waals surface area contributed by atoms with Crippen molar-refractivity contribution in [1.82, 2.24) is 14.7 Å². The van der Waals surface area contributed by atoms with Gasteiger partial charge < -0.3 is 14.1 Å². The maximum absolute atomic E-state index is 12.7. The van der Waals surface area contributed by atoms with Crippen LogP contribution in [-0.4, -0.2) is 27.6 Å². The Bertz CT molecular complexity index is 1240. The van der Waals surface area contributed by atoms with Crippen molar-refractivity contribution in [2.24, 2.45) is 7.05 Å². The number of aromatic nitrogens is 2. The van der Waals surface area contributed by atoms with E-state index in [4.69, 9.17) is 20.8 Å². The lowest BCUT2D eigenvalue weighted by molar-refractivity contribution is 0.0746. The van der Waals surface area contributed by atoms with Crippen molar-refractivity contribution in [2.45, 2.75) is 32.4 Å². The van der Waals surface area contributed by atoms with Crippen LogP contribution in [0.25, 0.3) is 0 Å². The van der Waals surface area contributed by atoms with Crippen LogP contribution >= 0.6 is 11.6 Å². The number of carbonyl (C=O) groups is 1. The first-order valence-electron chi connectivity index (χ1n) is 11.0. The molecule has 0 N–H and O–H groups in total. The maximum Gasteiger partial charge on any atom is 0.289 e. The molecule has 0 atom stereocenters. The zero-order valence-corrected chi connectivity index (χ0v) is 20.5. The van der Waals surface area contributed by atoms with Crippen LogP contribution in [0.2, 0.25) is 5.02 Å². The topological polar surface area (TPSA) is 60.5 Å². The smallest absolute Gasteiger partial charge is 0.289 e. The van der Waals surface area contributed by atoms with E-state index in [1.54, 1.807) is 42.0 Å². The van der Waals surface area contributed by atoms with Gasteiger partial charge in [-0.15, -0.1) is 0 Å². The van der Waals surface area contributed by atoms with Gasteiger partial charge in [0.25, 0.3) is 5.91 Å². The molecule has 0 aliphatic rings. The highest BCUT2D eigenvalue weighted by Gasteiger charge is 2.23. The third kappa shape index (κ3) is 5.02. The molecule has 34 heavy (non-hydrogen) atoms. The van der Waals surface area contributed by atoms with Gasteiger partial charge in [-0.25, -0.2) is 0 Å². The molecule has 2 heterocycles. The molecule has 0 aliphatic carbocycles. The fourth-order valence-electron chi connectivity index (χ4n) is 3.81. The number of rotatable bonds is 8. The lowest BCUT2D eigenvalue weighted by Crippen LogP contribution is -2.27. The van der Waals surface area contributed by atoms with Crippen LogP contribution in [0.15, 0.2) is 77.3 Å². The summed E-state index contributed by atoms with van der Waals surface area (Å²) in [6.45, 7) is 4.97. The van der Waals surface area contributed by atoms with Gasteiger partial charge in [-0.1, -0.05) is 67.9 Å². The Morgan fingerprint density at radius 1 is 1.06 bits per heavy atom. The quantitative estimate of drug-likeness (QED) is 0.319. The van der Waals surface area contributed by atoms with E-state index in [0.29, 0.717) is 17.3 Å². The lowest BCUT2D eigenvalue weighted by atomic mass is 9.78. The molecule has 6 nitrogen and oxygen atoms in total. The second-order valence-electron chi connectivity index (χ2n) is 8.79. The van der Waals surface area contributed by atoms with E-state index in [2.05, 4.69) is 55.3 Å². The molecule has 0 aliphatic heterocycles. The summed E-state index contributed by atoms with van der Waals surface area (Å²) in [7, 11) is 3.49. The van der Waals surface area contributed by atoms with Crippen molar-refractivity contribution in [3.63, 3.8) is 0 Å². The summed E-state index contributed by atoms with van der Waals surface area (Å²) in [5.41, 5.74) is 3.11. The van der Waals surface area contributed by atoms with Gasteiger partial charge in [0.2, 0.25) is 0 Å². The zero-order chi connectivity index (χ0) is 24.3. The van der Waals surface area contributed by atoms with Crippen molar-refractivity contribution >= 4 is 17.5 Å². The molecule has 0 saturated carbocycles. The van der Waals surface area contributed by atoms with Crippen LogP contribution in [0, 0.1) is 0 Å². The molecule has 176 valence electrons. The number of nitrogens with zero attached hydrogens (tertiary/aromatic N) is 3. The van der Waals surface area contributed by atoms with E-state index >= 15 is 0 Å². The Kier molecular flexibility index (Phi) is 6.80. The summed E-state index contributed by atoms with van der Waals surface area (Å²) in [6.07, 6.45) is 1.56. The summed E-state index contributed by atoms with van der Waals surface area (Å²) < 4.78 is 13.3. The molecular formula is C27H28ClN3O3. The van der Waals surface area contributed by atoms with Gasteiger partial charge in [-0.3, -0.25) is 9.48 Å². The minimum absolute atomic E-state index is 0.109. The summed E-state index contributed by atoms with van der Waals surface area (Å²) in [5.74, 6) is 1.32. The van der Waals surface area contributed by atoms with E-state index in [1.165, 1.54) is 11.1 Å². The van der Waals surface area contributed by atoms with Crippen LogP contribution in [0.1, 0.15) is 47.0 Å².